The molecule has 2 atom stereocenters. The van der Waals surface area contributed by atoms with Gasteiger partial charge in [0.05, 0.1) is 6.10 Å². The molecule has 0 aromatic carbocycles. The number of hydrogen-bond donors (Lipinski definition) is 1. The van der Waals surface area contributed by atoms with Crippen molar-refractivity contribution in [3.63, 3.8) is 0 Å². The third-order valence-corrected chi connectivity index (χ3v) is 4.19. The van der Waals surface area contributed by atoms with Gasteiger partial charge in [-0.05, 0) is 39.5 Å². The van der Waals surface area contributed by atoms with Crippen molar-refractivity contribution in [2.24, 2.45) is 5.92 Å². The first-order chi connectivity index (χ1) is 9.97. The number of rotatable bonds is 5. The maximum absolute atomic E-state index is 10.7. The summed E-state index contributed by atoms with van der Waals surface area (Å²) >= 11 is 0. The van der Waals surface area contributed by atoms with E-state index in [-0.39, 0.29) is 6.04 Å². The Balaban J connectivity index is 2.02. The van der Waals surface area contributed by atoms with Gasteiger partial charge in [0, 0.05) is 25.6 Å². The number of aromatic nitrogens is 3. The van der Waals surface area contributed by atoms with E-state index in [1.54, 1.807) is 6.33 Å². The number of hydrogen-bond acceptors (Lipinski definition) is 5. The molecule has 120 valence electrons. The Hall–Kier alpha value is -0.980. The molecule has 0 spiro atoms. The van der Waals surface area contributed by atoms with Gasteiger partial charge in [-0.1, -0.05) is 13.8 Å². The van der Waals surface area contributed by atoms with Crippen molar-refractivity contribution in [3.05, 3.63) is 12.2 Å². The zero-order chi connectivity index (χ0) is 15.4. The first kappa shape index (κ1) is 16.4. The number of likely N-dealkylation sites (N-methyl/N-ethyl adjacent to an activating group) is 2. The lowest BCUT2D eigenvalue weighted by Gasteiger charge is -2.31. The Morgan fingerprint density at radius 1 is 1.33 bits per heavy atom. The highest BCUT2D eigenvalue weighted by Gasteiger charge is 2.28. The predicted octanol–water partition coefficient (Wildman–Crippen LogP) is 0.473. The first-order valence-corrected chi connectivity index (χ1v) is 7.91. The highest BCUT2D eigenvalue weighted by Crippen LogP contribution is 2.14. The van der Waals surface area contributed by atoms with Gasteiger partial charge in [-0.25, -0.2) is 9.67 Å². The smallest absolute Gasteiger partial charge is 0.138 e. The van der Waals surface area contributed by atoms with E-state index in [2.05, 4.69) is 47.8 Å². The van der Waals surface area contributed by atoms with Gasteiger partial charge >= 0.3 is 0 Å². The van der Waals surface area contributed by atoms with Crippen molar-refractivity contribution in [2.75, 3.05) is 33.7 Å². The molecule has 0 aliphatic carbocycles. The van der Waals surface area contributed by atoms with Gasteiger partial charge in [0.2, 0.25) is 0 Å². The second kappa shape index (κ2) is 7.33. The van der Waals surface area contributed by atoms with Gasteiger partial charge < -0.3 is 10.0 Å². The van der Waals surface area contributed by atoms with Crippen LogP contribution in [-0.4, -0.2) is 75.5 Å². The molecule has 1 aliphatic heterocycles. The molecule has 0 amide bonds. The van der Waals surface area contributed by atoms with Crippen molar-refractivity contribution in [3.8, 4) is 0 Å². The van der Waals surface area contributed by atoms with Crippen LogP contribution in [0, 0.1) is 5.92 Å². The summed E-state index contributed by atoms with van der Waals surface area (Å²) in [6, 6.07) is 0.154. The van der Waals surface area contributed by atoms with Gasteiger partial charge in [-0.2, -0.15) is 5.10 Å². The Morgan fingerprint density at radius 2 is 2.10 bits per heavy atom. The Morgan fingerprint density at radius 3 is 2.81 bits per heavy atom. The maximum Gasteiger partial charge on any atom is 0.138 e. The summed E-state index contributed by atoms with van der Waals surface area (Å²) in [5, 5.41) is 14.9. The fraction of sp³-hybridized carbons (Fsp3) is 0.867. The van der Waals surface area contributed by atoms with E-state index in [1.807, 2.05) is 4.68 Å². The van der Waals surface area contributed by atoms with E-state index >= 15 is 0 Å². The molecule has 1 N–H and O–H groups in total. The van der Waals surface area contributed by atoms with Gasteiger partial charge in [0.25, 0.3) is 0 Å². The maximum atomic E-state index is 10.7. The molecule has 2 rings (SSSR count). The average Bonchev–Trinajstić information content (AvgIpc) is 2.73. The van der Waals surface area contributed by atoms with Gasteiger partial charge in [-0.3, -0.25) is 4.90 Å². The number of aliphatic hydroxyl groups excluding tert-OH is 1. The summed E-state index contributed by atoms with van der Waals surface area (Å²) in [7, 11) is 4.23. The Bertz CT molecular complexity index is 433. The summed E-state index contributed by atoms with van der Waals surface area (Å²) < 4.78 is 1.92. The van der Waals surface area contributed by atoms with E-state index in [9.17, 15) is 5.11 Å². The van der Waals surface area contributed by atoms with E-state index in [4.69, 9.17) is 0 Å². The molecule has 0 radical (unpaired) electrons. The standard InChI is InChI=1S/C15H29N5O/c1-12(2)9-20-15(16-11-17-20)8-14(21)13-10-18(3)6-5-7-19(13)4/h11-14,21H,5-10H2,1-4H3. The van der Waals surface area contributed by atoms with Crippen LogP contribution in [0.2, 0.25) is 0 Å². The van der Waals surface area contributed by atoms with Crippen LogP contribution in [0.5, 0.6) is 0 Å². The molecule has 2 heterocycles. The Labute approximate surface area is 127 Å². The molecule has 0 saturated carbocycles. The van der Waals surface area contributed by atoms with Gasteiger partial charge in [-0.15, -0.1) is 0 Å². The van der Waals surface area contributed by atoms with Crippen LogP contribution in [0.15, 0.2) is 6.33 Å². The predicted molar refractivity (Wildman–Crippen MR) is 83.1 cm³/mol. The monoisotopic (exact) mass is 295 g/mol. The third kappa shape index (κ3) is 4.49. The molecule has 1 aromatic heterocycles. The lowest BCUT2D eigenvalue weighted by atomic mass is 10.1. The van der Waals surface area contributed by atoms with Crippen LogP contribution < -0.4 is 0 Å². The molecule has 1 aromatic rings. The summed E-state index contributed by atoms with van der Waals surface area (Å²) in [6.07, 6.45) is 2.90. The minimum absolute atomic E-state index is 0.154. The zero-order valence-electron chi connectivity index (χ0n) is 13.7. The normalized spacial score (nSPS) is 23.4. The zero-order valence-corrected chi connectivity index (χ0v) is 13.7. The second-order valence-electron chi connectivity index (χ2n) is 6.69. The number of aliphatic hydroxyl groups is 1. The highest BCUT2D eigenvalue weighted by atomic mass is 16.3. The van der Waals surface area contributed by atoms with Gasteiger partial charge in [0.15, 0.2) is 0 Å². The lowest BCUT2D eigenvalue weighted by Crippen LogP contribution is -2.47. The molecule has 6 heteroatoms. The van der Waals surface area contributed by atoms with E-state index in [0.717, 1.165) is 38.4 Å². The quantitative estimate of drug-likeness (QED) is 0.856. The van der Waals surface area contributed by atoms with Gasteiger partial charge in [0.1, 0.15) is 12.2 Å². The topological polar surface area (TPSA) is 57.4 Å². The van der Waals surface area contributed by atoms with E-state index < -0.39 is 6.10 Å². The summed E-state index contributed by atoms with van der Waals surface area (Å²) in [5.41, 5.74) is 0. The Kier molecular flexibility index (Phi) is 5.72. The number of nitrogens with zero attached hydrogens (tertiary/aromatic N) is 5. The van der Waals surface area contributed by atoms with Crippen LogP contribution in [0.4, 0.5) is 0 Å². The van der Waals surface area contributed by atoms with E-state index in [1.165, 1.54) is 0 Å². The molecule has 6 nitrogen and oxygen atoms in total. The molecule has 1 saturated heterocycles. The second-order valence-corrected chi connectivity index (χ2v) is 6.69. The summed E-state index contributed by atoms with van der Waals surface area (Å²) in [5.74, 6) is 1.41. The van der Waals surface area contributed by atoms with Crippen LogP contribution in [0.3, 0.4) is 0 Å². The van der Waals surface area contributed by atoms with Crippen molar-refractivity contribution >= 4 is 0 Å². The highest BCUT2D eigenvalue weighted by molar-refractivity contribution is 4.93. The van der Waals surface area contributed by atoms with Crippen molar-refractivity contribution < 1.29 is 5.11 Å². The minimum Gasteiger partial charge on any atom is -0.391 e. The van der Waals surface area contributed by atoms with E-state index in [0.29, 0.717) is 12.3 Å². The lowest BCUT2D eigenvalue weighted by molar-refractivity contribution is 0.0559. The average molecular weight is 295 g/mol. The summed E-state index contributed by atoms with van der Waals surface area (Å²) in [4.78, 5) is 8.91. The van der Waals surface area contributed by atoms with Crippen LogP contribution in [0.1, 0.15) is 26.1 Å². The fourth-order valence-corrected chi connectivity index (χ4v) is 2.99. The largest absolute Gasteiger partial charge is 0.391 e. The molecule has 1 aliphatic rings. The van der Waals surface area contributed by atoms with Crippen molar-refractivity contribution in [1.29, 1.82) is 0 Å². The van der Waals surface area contributed by atoms with Crippen molar-refractivity contribution in [2.45, 2.75) is 45.4 Å². The summed E-state index contributed by atoms with van der Waals surface area (Å²) in [6.45, 7) is 8.20. The van der Waals surface area contributed by atoms with Crippen LogP contribution >= 0.6 is 0 Å². The molecule has 2 unspecified atom stereocenters. The molecule has 0 bridgehead atoms. The molecular formula is C15H29N5O. The third-order valence-electron chi connectivity index (χ3n) is 4.19. The molecular weight excluding hydrogens is 266 g/mol. The minimum atomic E-state index is -0.411. The van der Waals surface area contributed by atoms with Crippen molar-refractivity contribution in [1.82, 2.24) is 24.6 Å². The fourth-order valence-electron chi connectivity index (χ4n) is 2.99. The SMILES string of the molecule is CC(C)Cn1ncnc1CC(O)C1CN(C)CCCN1C. The molecule has 1 fully saturated rings. The van der Waals surface area contributed by atoms with Crippen LogP contribution in [-0.2, 0) is 13.0 Å². The van der Waals surface area contributed by atoms with Crippen LogP contribution in [0.25, 0.3) is 0 Å². The molecule has 21 heavy (non-hydrogen) atoms. The first-order valence-electron chi connectivity index (χ1n) is 7.91.